The molecule has 0 aliphatic rings. The largest absolute Gasteiger partial charge is 0.351 e. The zero-order chi connectivity index (χ0) is 16.8. The number of thioether (sulfide) groups is 1. The molecule has 1 heterocycles. The molecule has 0 unspecified atom stereocenters. The third-order valence-corrected chi connectivity index (χ3v) is 4.27. The maximum atomic E-state index is 11.6. The van der Waals surface area contributed by atoms with Crippen LogP contribution >= 0.6 is 11.8 Å². The number of imide groups is 1. The predicted molar refractivity (Wildman–Crippen MR) is 88.9 cm³/mol. The second kappa shape index (κ2) is 7.77. The number of nitrogens with zero attached hydrogens (tertiary/aromatic N) is 3. The van der Waals surface area contributed by atoms with Gasteiger partial charge in [-0.1, -0.05) is 49.0 Å². The number of rotatable bonds is 6. The fourth-order valence-corrected chi connectivity index (χ4v) is 2.88. The highest BCUT2D eigenvalue weighted by atomic mass is 32.2. The Balaban J connectivity index is 2.25. The van der Waals surface area contributed by atoms with E-state index in [4.69, 9.17) is 5.73 Å². The van der Waals surface area contributed by atoms with Gasteiger partial charge in [0, 0.05) is 11.6 Å². The summed E-state index contributed by atoms with van der Waals surface area (Å²) in [6, 6.07) is 9.09. The van der Waals surface area contributed by atoms with Crippen LogP contribution < -0.4 is 11.1 Å². The molecule has 1 aromatic heterocycles. The van der Waals surface area contributed by atoms with E-state index in [1.165, 1.54) is 11.8 Å². The molecule has 0 aliphatic heterocycles. The van der Waals surface area contributed by atoms with E-state index < -0.39 is 11.9 Å². The third-order valence-electron chi connectivity index (χ3n) is 3.32. The Hall–Kier alpha value is -2.35. The number of amides is 3. The van der Waals surface area contributed by atoms with Crippen molar-refractivity contribution in [2.24, 2.45) is 5.73 Å². The monoisotopic (exact) mass is 333 g/mol. The average molecular weight is 333 g/mol. The zero-order valence-electron chi connectivity index (χ0n) is 13.0. The first kappa shape index (κ1) is 17.0. The second-order valence-corrected chi connectivity index (χ2v) is 5.94. The van der Waals surface area contributed by atoms with E-state index in [0.717, 1.165) is 17.8 Å². The summed E-state index contributed by atoms with van der Waals surface area (Å²) >= 11 is 1.23. The van der Waals surface area contributed by atoms with Crippen LogP contribution in [-0.2, 0) is 4.79 Å². The van der Waals surface area contributed by atoms with E-state index >= 15 is 0 Å². The van der Waals surface area contributed by atoms with Gasteiger partial charge >= 0.3 is 6.03 Å². The van der Waals surface area contributed by atoms with Gasteiger partial charge in [-0.05, 0) is 13.3 Å². The predicted octanol–water partition coefficient (Wildman–Crippen LogP) is 2.20. The van der Waals surface area contributed by atoms with Crippen molar-refractivity contribution >= 4 is 23.7 Å². The van der Waals surface area contributed by atoms with Gasteiger partial charge in [0.1, 0.15) is 0 Å². The van der Waals surface area contributed by atoms with Crippen molar-refractivity contribution in [3.8, 4) is 11.4 Å². The van der Waals surface area contributed by atoms with Gasteiger partial charge < -0.3 is 5.73 Å². The summed E-state index contributed by atoms with van der Waals surface area (Å²) in [5.74, 6) is 0.354. The lowest BCUT2D eigenvalue weighted by Crippen LogP contribution is -2.36. The number of nitrogens with one attached hydrogen (secondary N) is 1. The number of primary amides is 1. The Bertz CT molecular complexity index is 686. The van der Waals surface area contributed by atoms with Crippen LogP contribution in [0.5, 0.6) is 0 Å². The summed E-state index contributed by atoms with van der Waals surface area (Å²) in [5, 5.41) is 11.1. The van der Waals surface area contributed by atoms with Crippen molar-refractivity contribution in [2.75, 3.05) is 5.75 Å². The van der Waals surface area contributed by atoms with Crippen LogP contribution in [0.15, 0.2) is 35.5 Å². The third kappa shape index (κ3) is 4.32. The first-order valence-electron chi connectivity index (χ1n) is 7.25. The van der Waals surface area contributed by atoms with Crippen LogP contribution in [-0.4, -0.2) is 32.5 Å². The standard InChI is InChI=1S/C15H19N5O2S/c1-3-10(2)20-13(11-7-5-4-6-8-11)18-19-15(20)23-9-12(21)17-14(16)22/h4-8,10H,3,9H2,1-2H3,(H3,16,17,21,22)/t10-/m1/s1. The molecule has 2 aromatic rings. The molecule has 8 heteroatoms. The molecule has 23 heavy (non-hydrogen) atoms. The van der Waals surface area contributed by atoms with Gasteiger partial charge in [0.2, 0.25) is 5.91 Å². The van der Waals surface area contributed by atoms with E-state index in [9.17, 15) is 9.59 Å². The van der Waals surface area contributed by atoms with Crippen molar-refractivity contribution in [1.29, 1.82) is 0 Å². The normalized spacial score (nSPS) is 11.9. The van der Waals surface area contributed by atoms with Gasteiger partial charge in [0.05, 0.1) is 5.75 Å². The molecule has 0 fully saturated rings. The summed E-state index contributed by atoms with van der Waals surface area (Å²) in [6.45, 7) is 4.15. The summed E-state index contributed by atoms with van der Waals surface area (Å²) in [5.41, 5.74) is 5.90. The van der Waals surface area contributed by atoms with Crippen LogP contribution in [0.2, 0.25) is 0 Å². The molecule has 3 N–H and O–H groups in total. The lowest BCUT2D eigenvalue weighted by molar-refractivity contribution is -0.117. The summed E-state index contributed by atoms with van der Waals surface area (Å²) in [7, 11) is 0. The van der Waals surface area contributed by atoms with E-state index in [1.807, 2.05) is 40.2 Å². The average Bonchev–Trinajstić information content (AvgIpc) is 2.96. The van der Waals surface area contributed by atoms with Gasteiger partial charge in [-0.15, -0.1) is 10.2 Å². The number of carbonyl (C=O) groups is 2. The minimum atomic E-state index is -0.857. The van der Waals surface area contributed by atoms with Crippen LogP contribution in [0.3, 0.4) is 0 Å². The first-order chi connectivity index (χ1) is 11.0. The molecule has 7 nitrogen and oxygen atoms in total. The van der Waals surface area contributed by atoms with Crippen LogP contribution in [0.25, 0.3) is 11.4 Å². The van der Waals surface area contributed by atoms with Crippen molar-refractivity contribution in [2.45, 2.75) is 31.5 Å². The smallest absolute Gasteiger partial charge is 0.318 e. The molecule has 0 saturated heterocycles. The van der Waals surface area contributed by atoms with Gasteiger partial charge in [0.15, 0.2) is 11.0 Å². The number of hydrogen-bond donors (Lipinski definition) is 2. The van der Waals surface area contributed by atoms with Crippen molar-refractivity contribution in [1.82, 2.24) is 20.1 Å². The van der Waals surface area contributed by atoms with Gasteiger partial charge in [0.25, 0.3) is 0 Å². The minimum Gasteiger partial charge on any atom is -0.351 e. The van der Waals surface area contributed by atoms with Crippen molar-refractivity contribution in [3.05, 3.63) is 30.3 Å². The van der Waals surface area contributed by atoms with E-state index in [1.54, 1.807) is 0 Å². The fraction of sp³-hybridized carbons (Fsp3) is 0.333. The molecule has 0 saturated carbocycles. The SMILES string of the molecule is CC[C@@H](C)n1c(SCC(=O)NC(N)=O)nnc1-c1ccccc1. The molecule has 3 amide bonds. The maximum Gasteiger partial charge on any atom is 0.318 e. The first-order valence-corrected chi connectivity index (χ1v) is 8.23. The molecule has 1 atom stereocenters. The quantitative estimate of drug-likeness (QED) is 0.789. The molecule has 0 spiro atoms. The number of urea groups is 1. The summed E-state index contributed by atoms with van der Waals surface area (Å²) < 4.78 is 2.01. The number of aromatic nitrogens is 3. The fourth-order valence-electron chi connectivity index (χ4n) is 2.04. The highest BCUT2D eigenvalue weighted by Gasteiger charge is 2.19. The van der Waals surface area contributed by atoms with E-state index in [0.29, 0.717) is 5.16 Å². The minimum absolute atomic E-state index is 0.0479. The maximum absolute atomic E-state index is 11.6. The number of hydrogen-bond acceptors (Lipinski definition) is 5. The highest BCUT2D eigenvalue weighted by molar-refractivity contribution is 7.99. The van der Waals surface area contributed by atoms with Crippen molar-refractivity contribution < 1.29 is 9.59 Å². The lowest BCUT2D eigenvalue weighted by Gasteiger charge is -2.16. The molecule has 122 valence electrons. The second-order valence-electron chi connectivity index (χ2n) is 5.00. The Labute approximate surface area is 138 Å². The molecule has 1 aromatic carbocycles. The molecule has 0 aliphatic carbocycles. The van der Waals surface area contributed by atoms with Crippen LogP contribution in [0.4, 0.5) is 4.79 Å². The van der Waals surface area contributed by atoms with Gasteiger partial charge in [-0.2, -0.15) is 0 Å². The molecular weight excluding hydrogens is 314 g/mol. The molecule has 0 radical (unpaired) electrons. The Morgan fingerprint density at radius 1 is 1.30 bits per heavy atom. The van der Waals surface area contributed by atoms with Gasteiger partial charge in [-0.25, -0.2) is 4.79 Å². The summed E-state index contributed by atoms with van der Waals surface area (Å²) in [6.07, 6.45) is 0.902. The Morgan fingerprint density at radius 2 is 2.00 bits per heavy atom. The number of nitrogens with two attached hydrogens (primary N) is 1. The number of benzene rings is 1. The topological polar surface area (TPSA) is 103 Å². The summed E-state index contributed by atoms with van der Waals surface area (Å²) in [4.78, 5) is 22.2. The molecule has 0 bridgehead atoms. The Kier molecular flexibility index (Phi) is 5.75. The molecule has 2 rings (SSSR count). The molecular formula is C15H19N5O2S. The highest BCUT2D eigenvalue weighted by Crippen LogP contribution is 2.28. The van der Waals surface area contributed by atoms with Crippen molar-refractivity contribution in [3.63, 3.8) is 0 Å². The van der Waals surface area contributed by atoms with E-state index in [-0.39, 0.29) is 11.8 Å². The van der Waals surface area contributed by atoms with Gasteiger partial charge in [-0.3, -0.25) is 14.7 Å². The lowest BCUT2D eigenvalue weighted by atomic mass is 10.2. The zero-order valence-corrected chi connectivity index (χ0v) is 13.8. The Morgan fingerprint density at radius 3 is 2.61 bits per heavy atom. The van der Waals surface area contributed by atoms with Crippen LogP contribution in [0, 0.1) is 0 Å². The van der Waals surface area contributed by atoms with E-state index in [2.05, 4.69) is 24.0 Å². The van der Waals surface area contributed by atoms with Crippen LogP contribution in [0.1, 0.15) is 26.3 Å². The number of carbonyl (C=O) groups excluding carboxylic acids is 2.